The predicted molar refractivity (Wildman–Crippen MR) is 279 cm³/mol. The van der Waals surface area contributed by atoms with E-state index in [1.165, 1.54) is 116 Å². The van der Waals surface area contributed by atoms with Gasteiger partial charge in [-0.1, -0.05) is 235 Å². The van der Waals surface area contributed by atoms with Crippen LogP contribution in [0, 0.1) is 0 Å². The summed E-state index contributed by atoms with van der Waals surface area (Å²) < 4.78 is 16.8. The highest BCUT2D eigenvalue weighted by Gasteiger charge is 2.19. The molecule has 6 nitrogen and oxygen atoms in total. The summed E-state index contributed by atoms with van der Waals surface area (Å²) in [5.41, 5.74) is 0. The topological polar surface area (TPSA) is 78.9 Å². The Bertz CT molecular complexity index is 1230. The van der Waals surface area contributed by atoms with Gasteiger partial charge in [0, 0.05) is 19.3 Å². The third-order valence-corrected chi connectivity index (χ3v) is 11.7. The summed E-state index contributed by atoms with van der Waals surface area (Å²) >= 11 is 0. The molecule has 0 fully saturated rings. The second kappa shape index (κ2) is 53.5. The maximum atomic E-state index is 12.8. The highest BCUT2D eigenvalue weighted by molar-refractivity contribution is 5.71. The van der Waals surface area contributed by atoms with Crippen LogP contribution in [-0.2, 0) is 28.6 Å². The zero-order valence-electron chi connectivity index (χ0n) is 42.7. The summed E-state index contributed by atoms with van der Waals surface area (Å²) in [6.45, 7) is 6.44. The summed E-state index contributed by atoms with van der Waals surface area (Å²) in [4.78, 5) is 38.0. The minimum Gasteiger partial charge on any atom is -0.462 e. The molecule has 1 atom stereocenters. The number of allylic oxidation sites excluding steroid dienone is 12. The van der Waals surface area contributed by atoms with Crippen molar-refractivity contribution in [1.82, 2.24) is 0 Å². The molecule has 0 radical (unpaired) electrons. The Hall–Kier alpha value is -3.15. The standard InChI is InChI=1S/C59H102O6/c1-4-7-10-13-16-19-22-24-26-28-30-32-33-35-37-40-43-46-49-52-58(61)64-55-56(54-63-57(60)51-48-45-42-39-21-18-15-12-9-6-3)65-59(62)53-50-47-44-41-38-36-34-31-29-27-25-23-20-17-14-11-8-5-2/h7,10,12,15-16,19,24,26,30,32,35,37,56H,4-6,8-9,11,13-14,17-18,20-23,25,27-29,31,33-34,36,38-55H2,1-3H3/b10-7-,15-12-,19-16-,26-24-,32-30-,37-35-. The normalized spacial score (nSPS) is 12.6. The molecule has 0 aromatic heterocycles. The molecular weight excluding hydrogens is 805 g/mol. The lowest BCUT2D eigenvalue weighted by atomic mass is 10.0. The Labute approximate surface area is 402 Å². The number of hydrogen-bond donors (Lipinski definition) is 0. The minimum atomic E-state index is -0.790. The molecule has 374 valence electrons. The third-order valence-electron chi connectivity index (χ3n) is 11.7. The van der Waals surface area contributed by atoms with Crippen LogP contribution in [0.2, 0.25) is 0 Å². The average Bonchev–Trinajstić information content (AvgIpc) is 3.30. The molecule has 0 saturated heterocycles. The van der Waals surface area contributed by atoms with Crippen LogP contribution in [0.5, 0.6) is 0 Å². The fourth-order valence-electron chi connectivity index (χ4n) is 7.59. The van der Waals surface area contributed by atoms with Crippen LogP contribution in [0.1, 0.15) is 265 Å². The lowest BCUT2D eigenvalue weighted by Crippen LogP contribution is -2.30. The van der Waals surface area contributed by atoms with Crippen LogP contribution in [-0.4, -0.2) is 37.2 Å². The predicted octanol–water partition coefficient (Wildman–Crippen LogP) is 18.2. The van der Waals surface area contributed by atoms with E-state index in [4.69, 9.17) is 14.2 Å². The van der Waals surface area contributed by atoms with Crippen molar-refractivity contribution in [2.24, 2.45) is 0 Å². The van der Waals surface area contributed by atoms with Gasteiger partial charge in [-0.2, -0.15) is 0 Å². The minimum absolute atomic E-state index is 0.0890. The van der Waals surface area contributed by atoms with Crippen molar-refractivity contribution < 1.29 is 28.6 Å². The number of carbonyl (C=O) groups is 3. The molecule has 0 aliphatic carbocycles. The van der Waals surface area contributed by atoms with Crippen LogP contribution in [0.3, 0.4) is 0 Å². The molecule has 0 heterocycles. The first-order valence-electron chi connectivity index (χ1n) is 27.4. The third kappa shape index (κ3) is 51.7. The highest BCUT2D eigenvalue weighted by Crippen LogP contribution is 2.16. The van der Waals surface area contributed by atoms with Gasteiger partial charge in [0.2, 0.25) is 0 Å². The van der Waals surface area contributed by atoms with Crippen molar-refractivity contribution in [3.8, 4) is 0 Å². The maximum absolute atomic E-state index is 12.8. The molecule has 0 aromatic carbocycles. The zero-order valence-corrected chi connectivity index (χ0v) is 42.7. The lowest BCUT2D eigenvalue weighted by molar-refractivity contribution is -0.167. The first-order chi connectivity index (χ1) is 32.0. The van der Waals surface area contributed by atoms with Crippen LogP contribution >= 0.6 is 0 Å². The molecule has 0 aromatic rings. The first-order valence-corrected chi connectivity index (χ1v) is 27.4. The van der Waals surface area contributed by atoms with E-state index in [2.05, 4.69) is 93.7 Å². The Morgan fingerprint density at radius 3 is 1.03 bits per heavy atom. The van der Waals surface area contributed by atoms with Crippen molar-refractivity contribution >= 4 is 17.9 Å². The monoisotopic (exact) mass is 907 g/mol. The number of rotatable bonds is 49. The van der Waals surface area contributed by atoms with Crippen molar-refractivity contribution in [2.45, 2.75) is 271 Å². The Morgan fingerprint density at radius 2 is 0.631 bits per heavy atom. The number of hydrogen-bond acceptors (Lipinski definition) is 6. The van der Waals surface area contributed by atoms with Crippen molar-refractivity contribution in [2.75, 3.05) is 13.2 Å². The largest absolute Gasteiger partial charge is 0.462 e. The van der Waals surface area contributed by atoms with Gasteiger partial charge in [-0.15, -0.1) is 0 Å². The van der Waals surface area contributed by atoms with E-state index in [0.717, 1.165) is 109 Å². The second-order valence-corrected chi connectivity index (χ2v) is 18.1. The van der Waals surface area contributed by atoms with Crippen molar-refractivity contribution in [3.63, 3.8) is 0 Å². The van der Waals surface area contributed by atoms with Gasteiger partial charge in [0.15, 0.2) is 6.10 Å². The quantitative estimate of drug-likeness (QED) is 0.0262. The van der Waals surface area contributed by atoms with Crippen molar-refractivity contribution in [3.05, 3.63) is 72.9 Å². The molecule has 0 saturated carbocycles. The fraction of sp³-hybridized carbons (Fsp3) is 0.746. The van der Waals surface area contributed by atoms with E-state index in [-0.39, 0.29) is 31.1 Å². The van der Waals surface area contributed by atoms with Gasteiger partial charge in [-0.25, -0.2) is 0 Å². The van der Waals surface area contributed by atoms with E-state index < -0.39 is 6.10 Å². The Kier molecular flexibility index (Phi) is 50.9. The van der Waals surface area contributed by atoms with Crippen molar-refractivity contribution in [1.29, 1.82) is 0 Å². The number of ether oxygens (including phenoxy) is 3. The molecule has 0 aliphatic heterocycles. The van der Waals surface area contributed by atoms with Gasteiger partial charge in [-0.3, -0.25) is 14.4 Å². The fourth-order valence-corrected chi connectivity index (χ4v) is 7.59. The summed E-state index contributed by atoms with van der Waals surface area (Å²) in [7, 11) is 0. The molecule has 65 heavy (non-hydrogen) atoms. The van der Waals surface area contributed by atoms with E-state index in [1.54, 1.807) is 0 Å². The van der Waals surface area contributed by atoms with E-state index in [1.807, 2.05) is 0 Å². The lowest BCUT2D eigenvalue weighted by Gasteiger charge is -2.18. The second-order valence-electron chi connectivity index (χ2n) is 18.1. The number of esters is 3. The molecule has 0 aliphatic rings. The highest BCUT2D eigenvalue weighted by atomic mass is 16.6. The summed E-state index contributed by atoms with van der Waals surface area (Å²) in [5, 5.41) is 0. The van der Waals surface area contributed by atoms with E-state index in [9.17, 15) is 14.4 Å². The first kappa shape index (κ1) is 61.9. The number of unbranched alkanes of at least 4 members (excludes halogenated alkanes) is 26. The van der Waals surface area contributed by atoms with Gasteiger partial charge in [-0.05, 0) is 83.5 Å². The summed E-state index contributed by atoms with van der Waals surface area (Å²) in [5.74, 6) is -0.925. The maximum Gasteiger partial charge on any atom is 0.306 e. The molecule has 0 amide bonds. The summed E-state index contributed by atoms with van der Waals surface area (Å²) in [6, 6.07) is 0. The molecule has 0 bridgehead atoms. The van der Waals surface area contributed by atoms with E-state index >= 15 is 0 Å². The van der Waals surface area contributed by atoms with E-state index in [0.29, 0.717) is 19.3 Å². The van der Waals surface area contributed by atoms with Crippen LogP contribution in [0.4, 0.5) is 0 Å². The Balaban J connectivity index is 4.37. The van der Waals surface area contributed by atoms with Gasteiger partial charge < -0.3 is 14.2 Å². The Morgan fingerprint density at radius 1 is 0.323 bits per heavy atom. The SMILES string of the molecule is CC/C=C\C/C=C\C/C=C\C/C=C\C/C=C\CCCCCC(=O)OCC(COC(=O)CCCCCCC/C=C\CCC)OC(=O)CCCCCCCCCCCCCCCCCCCC. The van der Waals surface area contributed by atoms with Gasteiger partial charge in [0.1, 0.15) is 13.2 Å². The molecule has 0 rings (SSSR count). The van der Waals surface area contributed by atoms with Gasteiger partial charge >= 0.3 is 17.9 Å². The molecule has 0 N–H and O–H groups in total. The van der Waals surface area contributed by atoms with Crippen LogP contribution in [0.25, 0.3) is 0 Å². The van der Waals surface area contributed by atoms with Gasteiger partial charge in [0.25, 0.3) is 0 Å². The van der Waals surface area contributed by atoms with Crippen LogP contribution < -0.4 is 0 Å². The molecule has 6 heteroatoms. The molecule has 0 spiro atoms. The van der Waals surface area contributed by atoms with Gasteiger partial charge in [0.05, 0.1) is 0 Å². The molecule has 1 unspecified atom stereocenters. The smallest absolute Gasteiger partial charge is 0.306 e. The molecular formula is C59H102O6. The average molecular weight is 907 g/mol. The number of carbonyl (C=O) groups excluding carboxylic acids is 3. The van der Waals surface area contributed by atoms with Crippen LogP contribution in [0.15, 0.2) is 72.9 Å². The zero-order chi connectivity index (χ0) is 47.2. The summed E-state index contributed by atoms with van der Waals surface area (Å²) in [6.07, 6.45) is 67.5.